The van der Waals surface area contributed by atoms with Crippen LogP contribution >= 0.6 is 7.75 Å². The van der Waals surface area contributed by atoms with Crippen LogP contribution in [0.25, 0.3) is 16.3 Å². The number of rotatable bonds is 15. The third-order valence-electron chi connectivity index (χ3n) is 9.66. The average molecular weight is 779 g/mol. The maximum absolute atomic E-state index is 14.9. The summed E-state index contributed by atoms with van der Waals surface area (Å²) in [6.07, 6.45) is 2.99. The van der Waals surface area contributed by atoms with Gasteiger partial charge < -0.3 is 29.2 Å². The predicted octanol–water partition coefficient (Wildman–Crippen LogP) is 5.46. The van der Waals surface area contributed by atoms with Crippen LogP contribution in [0.3, 0.4) is 0 Å². The molecule has 3 heterocycles. The van der Waals surface area contributed by atoms with Crippen LogP contribution in [-0.2, 0) is 48.0 Å². The number of hydrogen-bond donors (Lipinski definition) is 2. The Bertz CT molecular complexity index is 2080. The molecule has 1 aliphatic heterocycles. The fourth-order valence-corrected chi connectivity index (χ4v) is 8.45. The van der Waals surface area contributed by atoms with Crippen molar-refractivity contribution in [2.45, 2.75) is 102 Å². The molecule has 4 aromatic rings. The van der Waals surface area contributed by atoms with E-state index >= 15 is 0 Å². The number of nitrogens with zero attached hydrogens (tertiary/aromatic N) is 4. The molecule has 16 nitrogen and oxygen atoms in total. The Kier molecular flexibility index (Phi) is 12.5. The van der Waals surface area contributed by atoms with Crippen LogP contribution in [0.15, 0.2) is 65.9 Å². The Morgan fingerprint density at radius 2 is 1.76 bits per heavy atom. The molecule has 2 aliphatic rings. The molecule has 0 spiro atoms. The standard InChI is InChI=1S/C38H47N6O10P/c1-5-32(45)51-34-30(53-38(22-40-4,35(34)52-33(46)6-2)31-20-19-28-36(39)41-23-42-44(28)31)21-49-55(48,43-24(3)37(47)50-26-15-8-7-9-16-26)54-29-18-12-14-25-13-10-11-17-27(25)29/h10-14,17-20,22-24,26,30,34-35H,5-9,15-16,21H2,1-4H3,(H,43,48)(H2,39,41,42)/b40-22-/t24-,30+,34+,35+,38-,55?/m0/s1. The maximum Gasteiger partial charge on any atom is 0.459 e. The Balaban J connectivity index is 1.38. The highest BCUT2D eigenvalue weighted by Crippen LogP contribution is 2.49. The van der Waals surface area contributed by atoms with Crippen molar-refractivity contribution < 1.29 is 46.9 Å². The molecule has 1 saturated carbocycles. The van der Waals surface area contributed by atoms with Crippen LogP contribution in [-0.4, -0.2) is 82.8 Å². The smallest absolute Gasteiger partial charge is 0.459 e. The van der Waals surface area contributed by atoms with Gasteiger partial charge in [0.15, 0.2) is 23.6 Å². The number of esters is 3. The van der Waals surface area contributed by atoms with Gasteiger partial charge in [0.1, 0.15) is 35.8 Å². The van der Waals surface area contributed by atoms with Gasteiger partial charge in [-0.25, -0.2) is 14.1 Å². The Hall–Kier alpha value is -4.89. The van der Waals surface area contributed by atoms with Crippen LogP contribution in [0.1, 0.15) is 71.4 Å². The van der Waals surface area contributed by atoms with Crippen LogP contribution in [0.2, 0.25) is 0 Å². The third-order valence-corrected chi connectivity index (χ3v) is 11.3. The average Bonchev–Trinajstić information content (AvgIpc) is 3.75. The number of ether oxygens (including phenoxy) is 4. The molecule has 6 rings (SSSR count). The second-order valence-corrected chi connectivity index (χ2v) is 15.2. The van der Waals surface area contributed by atoms with Crippen molar-refractivity contribution in [2.75, 3.05) is 19.4 Å². The van der Waals surface area contributed by atoms with Gasteiger partial charge in [-0.05, 0) is 56.2 Å². The molecule has 1 aliphatic carbocycles. The summed E-state index contributed by atoms with van der Waals surface area (Å²) < 4.78 is 53.2. The fraction of sp³-hybridized carbons (Fsp3) is 0.474. The molecular weight excluding hydrogens is 731 g/mol. The lowest BCUT2D eigenvalue weighted by Crippen LogP contribution is -2.47. The predicted molar refractivity (Wildman–Crippen MR) is 202 cm³/mol. The van der Waals surface area contributed by atoms with Crippen LogP contribution in [0.5, 0.6) is 5.75 Å². The first-order chi connectivity index (χ1) is 26.5. The third kappa shape index (κ3) is 8.67. The highest BCUT2D eigenvalue weighted by Gasteiger charge is 2.61. The van der Waals surface area contributed by atoms with E-state index in [1.807, 2.05) is 24.3 Å². The summed E-state index contributed by atoms with van der Waals surface area (Å²) in [4.78, 5) is 47.7. The van der Waals surface area contributed by atoms with E-state index in [1.165, 1.54) is 31.0 Å². The summed E-state index contributed by atoms with van der Waals surface area (Å²) in [5.74, 6) is -1.46. The topological polar surface area (TPSA) is 204 Å². The quantitative estimate of drug-likeness (QED) is 0.0666. The summed E-state index contributed by atoms with van der Waals surface area (Å²) in [7, 11) is -3.00. The molecule has 17 heteroatoms. The van der Waals surface area contributed by atoms with Crippen molar-refractivity contribution >= 4 is 54.0 Å². The minimum absolute atomic E-state index is 0.0116. The number of nitrogen functional groups attached to an aromatic ring is 1. The maximum atomic E-state index is 14.9. The van der Waals surface area contributed by atoms with E-state index in [0.29, 0.717) is 16.6 Å². The Morgan fingerprint density at radius 1 is 1.04 bits per heavy atom. The van der Waals surface area contributed by atoms with E-state index in [1.54, 1.807) is 44.2 Å². The van der Waals surface area contributed by atoms with Crippen molar-refractivity contribution in [1.82, 2.24) is 19.7 Å². The Labute approximate surface area is 318 Å². The van der Waals surface area contributed by atoms with Gasteiger partial charge in [-0.3, -0.25) is 23.9 Å². The lowest BCUT2D eigenvalue weighted by Gasteiger charge is -2.31. The largest absolute Gasteiger partial charge is 0.461 e. The molecule has 0 bridgehead atoms. The number of nitrogens with two attached hydrogens (primary N) is 1. The van der Waals surface area contributed by atoms with Gasteiger partial charge in [-0.1, -0.05) is 56.7 Å². The number of carbonyl (C=O) groups is 3. The monoisotopic (exact) mass is 778 g/mol. The first kappa shape index (κ1) is 39.8. The second-order valence-electron chi connectivity index (χ2n) is 13.5. The number of aromatic nitrogens is 3. The van der Waals surface area contributed by atoms with Crippen LogP contribution < -0.4 is 15.3 Å². The minimum atomic E-state index is -4.50. The van der Waals surface area contributed by atoms with Crippen molar-refractivity contribution in [3.05, 3.63) is 66.6 Å². The summed E-state index contributed by atoms with van der Waals surface area (Å²) >= 11 is 0. The van der Waals surface area contributed by atoms with E-state index in [0.717, 1.165) is 37.5 Å². The first-order valence-electron chi connectivity index (χ1n) is 18.5. The number of fused-ring (bicyclic) bond motifs is 2. The first-order valence-corrected chi connectivity index (χ1v) is 20.0. The molecule has 1 unspecified atom stereocenters. The second kappa shape index (κ2) is 17.3. The molecule has 2 aromatic heterocycles. The molecule has 1 saturated heterocycles. The van der Waals surface area contributed by atoms with E-state index < -0.39 is 62.2 Å². The highest BCUT2D eigenvalue weighted by atomic mass is 31.2. The molecule has 3 N–H and O–H groups in total. The van der Waals surface area contributed by atoms with E-state index in [2.05, 4.69) is 20.2 Å². The normalized spacial score (nSPS) is 23.4. The lowest BCUT2D eigenvalue weighted by molar-refractivity contribution is -0.168. The van der Waals surface area contributed by atoms with Gasteiger partial charge >= 0.3 is 25.7 Å². The number of carbonyl (C=O) groups excluding carboxylic acids is 3. The zero-order valence-corrected chi connectivity index (χ0v) is 32.2. The van der Waals surface area contributed by atoms with Gasteiger partial charge in [0.25, 0.3) is 0 Å². The van der Waals surface area contributed by atoms with Gasteiger partial charge in [0, 0.05) is 31.5 Å². The number of hydrogen-bond acceptors (Lipinski definition) is 14. The van der Waals surface area contributed by atoms with Gasteiger partial charge in [-0.15, -0.1) is 0 Å². The molecule has 0 amide bonds. The molecule has 294 valence electrons. The molecule has 2 aromatic carbocycles. The number of anilines is 1. The van der Waals surface area contributed by atoms with Crippen LogP contribution in [0, 0.1) is 0 Å². The van der Waals surface area contributed by atoms with E-state index in [4.69, 9.17) is 33.7 Å². The van der Waals surface area contributed by atoms with Gasteiger partial charge in [0.05, 0.1) is 12.3 Å². The molecule has 6 atom stereocenters. The molecule has 0 radical (unpaired) electrons. The van der Waals surface area contributed by atoms with Crippen molar-refractivity contribution in [3.8, 4) is 5.75 Å². The summed E-state index contributed by atoms with van der Waals surface area (Å²) in [6, 6.07) is 14.8. The molecule has 55 heavy (non-hydrogen) atoms. The van der Waals surface area contributed by atoms with Crippen molar-refractivity contribution in [1.29, 1.82) is 0 Å². The van der Waals surface area contributed by atoms with Crippen molar-refractivity contribution in [3.63, 3.8) is 0 Å². The van der Waals surface area contributed by atoms with Gasteiger partial charge in [0.2, 0.25) is 0 Å². The zero-order valence-electron chi connectivity index (χ0n) is 31.3. The summed E-state index contributed by atoms with van der Waals surface area (Å²) in [6.45, 7) is 4.21. The Morgan fingerprint density at radius 3 is 2.51 bits per heavy atom. The number of nitrogens with one attached hydrogen (secondary N) is 1. The molecule has 2 fully saturated rings. The van der Waals surface area contributed by atoms with Crippen molar-refractivity contribution in [2.24, 2.45) is 4.99 Å². The zero-order chi connectivity index (χ0) is 39.2. The number of aliphatic imine (C=N–C) groups is 1. The lowest BCUT2D eigenvalue weighted by atomic mass is 9.91. The molecular formula is C38H47N6O10P. The highest BCUT2D eigenvalue weighted by molar-refractivity contribution is 7.52. The van der Waals surface area contributed by atoms with E-state index in [-0.39, 0.29) is 30.5 Å². The van der Waals surface area contributed by atoms with Crippen LogP contribution in [0.4, 0.5) is 5.82 Å². The number of benzene rings is 2. The SMILES string of the molecule is CCC(=O)O[C@H]1[C@@H](OC(=O)CC)[C@](/C=N\C)(c2ccc3c(N)ncnn23)O[C@@H]1COP(=O)(N[C@@H](C)C(=O)OC1CCCCC1)Oc1cccc2ccccc12. The van der Waals surface area contributed by atoms with E-state index in [9.17, 15) is 18.9 Å². The minimum Gasteiger partial charge on any atom is -0.461 e. The van der Waals surface area contributed by atoms with Gasteiger partial charge in [-0.2, -0.15) is 10.2 Å². The summed E-state index contributed by atoms with van der Waals surface area (Å²) in [5, 5.41) is 8.60. The fourth-order valence-electron chi connectivity index (χ4n) is 6.93. The summed E-state index contributed by atoms with van der Waals surface area (Å²) in [5.41, 5.74) is 5.18.